The van der Waals surface area contributed by atoms with Gasteiger partial charge in [-0.2, -0.15) is 0 Å². The lowest BCUT2D eigenvalue weighted by Crippen LogP contribution is -2.37. The van der Waals surface area contributed by atoms with Crippen molar-refractivity contribution in [1.82, 2.24) is 5.32 Å². The molecule has 0 amide bonds. The largest absolute Gasteiger partial charge is 0.304 e. The molecule has 1 heteroatoms. The normalized spacial score (nSPS) is 29.8. The van der Waals surface area contributed by atoms with Crippen molar-refractivity contribution in [2.75, 3.05) is 0 Å². The fourth-order valence-corrected chi connectivity index (χ4v) is 1.95. The molecule has 0 radical (unpaired) electrons. The fourth-order valence-electron chi connectivity index (χ4n) is 1.95. The minimum atomic E-state index is 0.504. The van der Waals surface area contributed by atoms with Crippen molar-refractivity contribution in [3.63, 3.8) is 0 Å². The van der Waals surface area contributed by atoms with Crippen molar-refractivity contribution in [1.29, 1.82) is 0 Å². The lowest BCUT2D eigenvalue weighted by atomic mass is 10.0. The van der Waals surface area contributed by atoms with Crippen LogP contribution in [-0.2, 0) is 0 Å². The minimum Gasteiger partial charge on any atom is -0.304 e. The van der Waals surface area contributed by atoms with Crippen LogP contribution in [-0.4, -0.2) is 12.1 Å². The molecule has 0 aromatic heterocycles. The molecule has 13 heavy (non-hydrogen) atoms. The van der Waals surface area contributed by atoms with Crippen molar-refractivity contribution in [2.45, 2.75) is 51.6 Å². The van der Waals surface area contributed by atoms with Crippen molar-refractivity contribution >= 4 is 0 Å². The van der Waals surface area contributed by atoms with Gasteiger partial charge in [-0.15, -0.1) is 0 Å². The second-order valence-electron chi connectivity index (χ2n) is 4.08. The second-order valence-corrected chi connectivity index (χ2v) is 4.08. The van der Waals surface area contributed by atoms with Gasteiger partial charge in [0, 0.05) is 12.1 Å². The van der Waals surface area contributed by atoms with Gasteiger partial charge < -0.3 is 5.32 Å². The molecule has 0 bridgehead atoms. The van der Waals surface area contributed by atoms with Crippen LogP contribution >= 0.6 is 0 Å². The van der Waals surface area contributed by atoms with Crippen molar-refractivity contribution in [2.24, 2.45) is 0 Å². The molecular formula is C12H21N. The van der Waals surface area contributed by atoms with Crippen LogP contribution in [0.4, 0.5) is 0 Å². The second kappa shape index (κ2) is 4.61. The summed E-state index contributed by atoms with van der Waals surface area (Å²) in [7, 11) is 0. The first kappa shape index (κ1) is 10.5. The van der Waals surface area contributed by atoms with Crippen LogP contribution in [0.3, 0.4) is 0 Å². The Bertz CT molecular complexity index is 205. The summed E-state index contributed by atoms with van der Waals surface area (Å²) in [5, 5.41) is 3.62. The van der Waals surface area contributed by atoms with E-state index < -0.39 is 0 Å². The summed E-state index contributed by atoms with van der Waals surface area (Å²) in [4.78, 5) is 0. The van der Waals surface area contributed by atoms with E-state index in [1.165, 1.54) is 30.4 Å². The quantitative estimate of drug-likeness (QED) is 0.642. The molecule has 2 atom stereocenters. The van der Waals surface area contributed by atoms with Gasteiger partial charge in [-0.05, 0) is 32.6 Å². The van der Waals surface area contributed by atoms with Crippen LogP contribution in [0, 0.1) is 0 Å². The molecule has 0 aliphatic carbocycles. The van der Waals surface area contributed by atoms with Gasteiger partial charge in [0.15, 0.2) is 0 Å². The zero-order valence-electron chi connectivity index (χ0n) is 8.90. The van der Waals surface area contributed by atoms with Gasteiger partial charge >= 0.3 is 0 Å². The molecular weight excluding hydrogens is 158 g/mol. The van der Waals surface area contributed by atoms with Crippen molar-refractivity contribution in [3.8, 4) is 0 Å². The first-order valence-corrected chi connectivity index (χ1v) is 5.24. The molecule has 0 aromatic rings. The topological polar surface area (TPSA) is 12.0 Å². The average Bonchev–Trinajstić information content (AvgIpc) is 2.27. The van der Waals surface area contributed by atoms with Crippen LogP contribution in [0.25, 0.3) is 0 Å². The molecule has 0 aromatic carbocycles. The molecule has 1 nitrogen and oxygen atoms in total. The van der Waals surface area contributed by atoms with E-state index in [2.05, 4.69) is 32.3 Å². The highest BCUT2D eigenvalue weighted by molar-refractivity contribution is 5.12. The van der Waals surface area contributed by atoms with Crippen LogP contribution in [0.1, 0.15) is 39.5 Å². The Morgan fingerprint density at radius 1 is 1.62 bits per heavy atom. The Morgan fingerprint density at radius 3 is 2.85 bits per heavy atom. The predicted octanol–water partition coefficient (Wildman–Crippen LogP) is 3.04. The molecule has 2 unspecified atom stereocenters. The Labute approximate surface area is 81.9 Å². The first-order chi connectivity index (χ1) is 6.15. The fraction of sp³-hybridized carbons (Fsp3) is 0.667. The summed E-state index contributed by atoms with van der Waals surface area (Å²) in [5.74, 6) is 0. The van der Waals surface area contributed by atoms with Gasteiger partial charge in [0.2, 0.25) is 0 Å². The predicted molar refractivity (Wildman–Crippen MR) is 58.8 cm³/mol. The van der Waals surface area contributed by atoms with E-state index in [-0.39, 0.29) is 0 Å². The van der Waals surface area contributed by atoms with E-state index >= 15 is 0 Å². The molecule has 1 fully saturated rings. The molecule has 1 saturated heterocycles. The third-order valence-corrected chi connectivity index (χ3v) is 2.89. The van der Waals surface area contributed by atoms with E-state index in [0.717, 1.165) is 6.42 Å². The zero-order chi connectivity index (χ0) is 9.84. The standard InChI is InChI=1S/C12H21N/c1-5-11-10(4)7-6-8-12(13-11)9(2)3/h11-13H,2,4-8H2,1,3H3. The van der Waals surface area contributed by atoms with Crippen LogP contribution < -0.4 is 5.32 Å². The highest BCUT2D eigenvalue weighted by Crippen LogP contribution is 2.21. The SMILES string of the molecule is C=C(C)C1CCCC(=C)C(CC)N1. The summed E-state index contributed by atoms with van der Waals surface area (Å²) in [6, 6.07) is 1.01. The molecule has 1 rings (SSSR count). The van der Waals surface area contributed by atoms with Gasteiger partial charge in [-0.1, -0.05) is 31.2 Å². The third-order valence-electron chi connectivity index (χ3n) is 2.89. The maximum Gasteiger partial charge on any atom is 0.0279 e. The van der Waals surface area contributed by atoms with Gasteiger partial charge in [0.05, 0.1) is 0 Å². The van der Waals surface area contributed by atoms with Crippen LogP contribution in [0.15, 0.2) is 24.3 Å². The summed E-state index contributed by atoms with van der Waals surface area (Å²) < 4.78 is 0. The molecule has 1 heterocycles. The third kappa shape index (κ3) is 2.70. The Morgan fingerprint density at radius 2 is 2.31 bits per heavy atom. The molecule has 0 saturated carbocycles. The van der Waals surface area contributed by atoms with Crippen LogP contribution in [0.5, 0.6) is 0 Å². The summed E-state index contributed by atoms with van der Waals surface area (Å²) in [6.07, 6.45) is 4.78. The van der Waals surface area contributed by atoms with E-state index in [1.54, 1.807) is 0 Å². The Kier molecular flexibility index (Phi) is 3.73. The maximum absolute atomic E-state index is 4.13. The van der Waals surface area contributed by atoms with E-state index in [1.807, 2.05) is 0 Å². The van der Waals surface area contributed by atoms with Crippen molar-refractivity contribution < 1.29 is 0 Å². The molecule has 74 valence electrons. The lowest BCUT2D eigenvalue weighted by molar-refractivity contribution is 0.493. The number of nitrogens with one attached hydrogen (secondary N) is 1. The smallest absolute Gasteiger partial charge is 0.0279 e. The van der Waals surface area contributed by atoms with Gasteiger partial charge in [-0.25, -0.2) is 0 Å². The molecule has 1 aliphatic heterocycles. The van der Waals surface area contributed by atoms with Gasteiger partial charge in [0.25, 0.3) is 0 Å². The zero-order valence-corrected chi connectivity index (χ0v) is 8.90. The van der Waals surface area contributed by atoms with E-state index in [0.29, 0.717) is 12.1 Å². The summed E-state index contributed by atoms with van der Waals surface area (Å²) >= 11 is 0. The molecule has 1 aliphatic rings. The minimum absolute atomic E-state index is 0.504. The molecule has 1 N–H and O–H groups in total. The highest BCUT2D eigenvalue weighted by atomic mass is 15.0. The maximum atomic E-state index is 4.13. The summed E-state index contributed by atoms with van der Waals surface area (Å²) in [5.41, 5.74) is 2.62. The Balaban J connectivity index is 2.63. The highest BCUT2D eigenvalue weighted by Gasteiger charge is 2.20. The van der Waals surface area contributed by atoms with Crippen LogP contribution in [0.2, 0.25) is 0 Å². The van der Waals surface area contributed by atoms with Gasteiger partial charge in [0.1, 0.15) is 0 Å². The van der Waals surface area contributed by atoms with Gasteiger partial charge in [-0.3, -0.25) is 0 Å². The molecule has 0 spiro atoms. The average molecular weight is 179 g/mol. The van der Waals surface area contributed by atoms with Crippen molar-refractivity contribution in [3.05, 3.63) is 24.3 Å². The number of rotatable bonds is 2. The Hall–Kier alpha value is -0.560. The van der Waals surface area contributed by atoms with E-state index in [9.17, 15) is 0 Å². The summed E-state index contributed by atoms with van der Waals surface area (Å²) in [6.45, 7) is 12.5. The monoisotopic (exact) mass is 179 g/mol. The number of hydrogen-bond donors (Lipinski definition) is 1. The number of hydrogen-bond acceptors (Lipinski definition) is 1. The van der Waals surface area contributed by atoms with E-state index in [4.69, 9.17) is 0 Å². The lowest BCUT2D eigenvalue weighted by Gasteiger charge is -2.22. The first-order valence-electron chi connectivity index (χ1n) is 5.24.